The zero-order chi connectivity index (χ0) is 19.2. The molecule has 0 unspecified atom stereocenters. The van der Waals surface area contributed by atoms with Gasteiger partial charge in [0.05, 0.1) is 17.4 Å². The highest BCUT2D eigenvalue weighted by atomic mass is 16.3. The van der Waals surface area contributed by atoms with E-state index >= 15 is 0 Å². The highest BCUT2D eigenvalue weighted by Gasteiger charge is 2.07. The smallest absolute Gasteiger partial charge is 0.328 e. The zero-order valence-corrected chi connectivity index (χ0v) is 15.3. The van der Waals surface area contributed by atoms with Gasteiger partial charge in [-0.15, -0.1) is 0 Å². The third-order valence-electron chi connectivity index (χ3n) is 4.43. The average molecular weight is 369 g/mol. The maximum Gasteiger partial charge on any atom is 0.328 e. The highest BCUT2D eigenvalue weighted by molar-refractivity contribution is 5.77. The molecule has 0 radical (unpaired) electrons. The predicted molar refractivity (Wildman–Crippen MR) is 103 cm³/mol. The number of rotatable bonds is 8. The quantitative estimate of drug-likeness (QED) is 0.596. The van der Waals surface area contributed by atoms with Crippen LogP contribution in [0.3, 0.4) is 0 Å². The fourth-order valence-electron chi connectivity index (χ4n) is 2.99. The van der Waals surface area contributed by atoms with Gasteiger partial charge in [0.15, 0.2) is 0 Å². The number of amides is 1. The first-order chi connectivity index (χ1) is 13.0. The largest absolute Gasteiger partial charge is 0.465 e. The number of fused-ring (bicyclic) bond motifs is 1. The lowest BCUT2D eigenvalue weighted by atomic mass is 10.2. The number of benzene rings is 1. The van der Waals surface area contributed by atoms with Crippen LogP contribution in [-0.2, 0) is 17.9 Å². The van der Waals surface area contributed by atoms with Gasteiger partial charge in [-0.2, -0.15) is 0 Å². The molecule has 0 saturated heterocycles. The van der Waals surface area contributed by atoms with E-state index in [0.717, 1.165) is 17.9 Å². The Hall–Kier alpha value is -3.09. The molecule has 3 rings (SSSR count). The number of hydrogen-bond donors (Lipinski definition) is 2. The number of para-hydroxylation sites is 1. The van der Waals surface area contributed by atoms with Crippen molar-refractivity contribution in [3.05, 3.63) is 68.8 Å². The van der Waals surface area contributed by atoms with E-state index in [2.05, 4.69) is 10.3 Å². The van der Waals surface area contributed by atoms with Crippen LogP contribution in [0, 0.1) is 6.92 Å². The molecule has 0 spiro atoms. The van der Waals surface area contributed by atoms with E-state index in [1.165, 1.54) is 4.57 Å². The molecule has 7 nitrogen and oxygen atoms in total. The van der Waals surface area contributed by atoms with Gasteiger partial charge in [-0.1, -0.05) is 18.6 Å². The molecule has 0 aliphatic carbocycles. The summed E-state index contributed by atoms with van der Waals surface area (Å²) in [6.45, 7) is 2.58. The molecular weight excluding hydrogens is 346 g/mol. The van der Waals surface area contributed by atoms with Gasteiger partial charge in [-0.05, 0) is 44.0 Å². The van der Waals surface area contributed by atoms with Gasteiger partial charge in [0.25, 0.3) is 5.56 Å². The Bertz CT molecular complexity index is 1050. The van der Waals surface area contributed by atoms with Crippen LogP contribution in [0.2, 0.25) is 0 Å². The van der Waals surface area contributed by atoms with Crippen molar-refractivity contribution in [2.75, 3.05) is 0 Å². The average Bonchev–Trinajstić information content (AvgIpc) is 3.07. The van der Waals surface area contributed by atoms with Gasteiger partial charge < -0.3 is 14.7 Å². The number of unbranched alkanes of at least 4 members (excludes halogenated alkanes) is 2. The van der Waals surface area contributed by atoms with Crippen LogP contribution in [0.15, 0.2) is 50.4 Å². The summed E-state index contributed by atoms with van der Waals surface area (Å²) in [5.41, 5.74) is -0.127. The molecule has 7 heteroatoms. The van der Waals surface area contributed by atoms with Crippen LogP contribution >= 0.6 is 0 Å². The van der Waals surface area contributed by atoms with Crippen LogP contribution in [0.1, 0.15) is 37.2 Å². The first-order valence-electron chi connectivity index (χ1n) is 9.08. The number of nitrogens with zero attached hydrogens (tertiary/aromatic N) is 1. The molecule has 0 saturated carbocycles. The van der Waals surface area contributed by atoms with E-state index in [1.54, 1.807) is 24.3 Å². The number of nitrogens with one attached hydrogen (secondary N) is 2. The topological polar surface area (TPSA) is 97.1 Å². The second-order valence-electron chi connectivity index (χ2n) is 6.53. The lowest BCUT2D eigenvalue weighted by molar-refractivity contribution is -0.121. The molecule has 0 aliphatic rings. The molecule has 1 amide bonds. The number of aromatic nitrogens is 2. The Balaban J connectivity index is 1.44. The van der Waals surface area contributed by atoms with E-state index in [1.807, 2.05) is 19.1 Å². The van der Waals surface area contributed by atoms with Crippen molar-refractivity contribution >= 4 is 16.8 Å². The summed E-state index contributed by atoms with van der Waals surface area (Å²) in [4.78, 5) is 39.1. The zero-order valence-electron chi connectivity index (χ0n) is 15.3. The number of H-pyrrole nitrogens is 1. The van der Waals surface area contributed by atoms with Gasteiger partial charge in [0.1, 0.15) is 11.5 Å². The minimum absolute atomic E-state index is 0.0372. The number of carbonyl (C=O) groups excluding carboxylic acids is 1. The van der Waals surface area contributed by atoms with Gasteiger partial charge in [0, 0.05) is 13.0 Å². The minimum Gasteiger partial charge on any atom is -0.465 e. The van der Waals surface area contributed by atoms with E-state index in [9.17, 15) is 14.4 Å². The normalized spacial score (nSPS) is 11.0. The molecule has 0 fully saturated rings. The SMILES string of the molecule is Cc1ccc(CNC(=O)CCCCCn2c(=O)[nH]c3ccccc3c2=O)o1. The second-order valence-corrected chi connectivity index (χ2v) is 6.53. The molecule has 2 aromatic heterocycles. The molecule has 2 N–H and O–H groups in total. The van der Waals surface area contributed by atoms with E-state index in [4.69, 9.17) is 4.42 Å². The summed E-state index contributed by atoms with van der Waals surface area (Å²) in [5, 5.41) is 3.32. The molecular formula is C20H23N3O4. The van der Waals surface area contributed by atoms with Crippen LogP contribution < -0.4 is 16.6 Å². The van der Waals surface area contributed by atoms with Crippen molar-refractivity contribution in [3.8, 4) is 0 Å². The number of aromatic amines is 1. The molecule has 2 heterocycles. The Labute approximate surface area is 156 Å². The van der Waals surface area contributed by atoms with E-state index < -0.39 is 5.69 Å². The van der Waals surface area contributed by atoms with Crippen LogP contribution in [0.5, 0.6) is 0 Å². The number of aryl methyl sites for hydroxylation is 1. The minimum atomic E-state index is -0.398. The van der Waals surface area contributed by atoms with Crippen LogP contribution in [0.4, 0.5) is 0 Å². The van der Waals surface area contributed by atoms with Crippen LogP contribution in [0.25, 0.3) is 10.9 Å². The Morgan fingerprint density at radius 3 is 2.70 bits per heavy atom. The fraction of sp³-hybridized carbons (Fsp3) is 0.350. The highest BCUT2D eigenvalue weighted by Crippen LogP contribution is 2.07. The van der Waals surface area contributed by atoms with Crippen molar-refractivity contribution < 1.29 is 9.21 Å². The first kappa shape index (κ1) is 18.7. The van der Waals surface area contributed by atoms with Crippen molar-refractivity contribution in [2.24, 2.45) is 0 Å². The third-order valence-corrected chi connectivity index (χ3v) is 4.43. The van der Waals surface area contributed by atoms with Crippen molar-refractivity contribution in [1.82, 2.24) is 14.9 Å². The molecule has 3 aromatic rings. The van der Waals surface area contributed by atoms with E-state index in [0.29, 0.717) is 43.3 Å². The maximum absolute atomic E-state index is 12.4. The molecule has 0 bridgehead atoms. The summed E-state index contributed by atoms with van der Waals surface area (Å²) in [5.74, 6) is 1.51. The summed E-state index contributed by atoms with van der Waals surface area (Å²) >= 11 is 0. The fourth-order valence-corrected chi connectivity index (χ4v) is 2.99. The van der Waals surface area contributed by atoms with Gasteiger partial charge >= 0.3 is 5.69 Å². The molecule has 142 valence electrons. The lowest BCUT2D eigenvalue weighted by Crippen LogP contribution is -2.35. The summed E-state index contributed by atoms with van der Waals surface area (Å²) in [6, 6.07) is 10.7. The van der Waals surface area contributed by atoms with Crippen molar-refractivity contribution in [1.29, 1.82) is 0 Å². The second kappa shape index (κ2) is 8.53. The summed E-state index contributed by atoms with van der Waals surface area (Å²) in [7, 11) is 0. The Morgan fingerprint density at radius 1 is 1.11 bits per heavy atom. The third kappa shape index (κ3) is 4.75. The molecule has 27 heavy (non-hydrogen) atoms. The molecule has 1 aromatic carbocycles. The Morgan fingerprint density at radius 2 is 1.93 bits per heavy atom. The Kier molecular flexibility index (Phi) is 5.90. The monoisotopic (exact) mass is 369 g/mol. The standard InChI is InChI=1S/C20H23N3O4/c1-14-10-11-15(27-14)13-21-18(24)9-3-2-6-12-23-19(25)16-7-4-5-8-17(16)22-20(23)26/h4-5,7-8,10-11H,2-3,6,9,12-13H2,1H3,(H,21,24)(H,22,26). The van der Waals surface area contributed by atoms with Gasteiger partial charge in [-0.3, -0.25) is 14.2 Å². The summed E-state index contributed by atoms with van der Waals surface area (Å²) < 4.78 is 6.62. The number of carbonyl (C=O) groups is 1. The number of hydrogen-bond acceptors (Lipinski definition) is 4. The van der Waals surface area contributed by atoms with Crippen LogP contribution in [-0.4, -0.2) is 15.5 Å². The van der Waals surface area contributed by atoms with Crippen molar-refractivity contribution in [3.63, 3.8) is 0 Å². The molecule has 0 aliphatic heterocycles. The summed E-state index contributed by atoms with van der Waals surface area (Å²) in [6.07, 6.45) is 2.52. The lowest BCUT2D eigenvalue weighted by Gasteiger charge is -2.07. The van der Waals surface area contributed by atoms with E-state index in [-0.39, 0.29) is 11.5 Å². The van der Waals surface area contributed by atoms with Crippen molar-refractivity contribution in [2.45, 2.75) is 45.7 Å². The first-order valence-corrected chi connectivity index (χ1v) is 9.08. The molecule has 0 atom stereocenters. The van der Waals surface area contributed by atoms with Gasteiger partial charge in [0.2, 0.25) is 5.91 Å². The predicted octanol–water partition coefficient (Wildman–Crippen LogP) is 2.47. The van der Waals surface area contributed by atoms with Gasteiger partial charge in [-0.25, -0.2) is 4.79 Å². The number of furan rings is 1. The maximum atomic E-state index is 12.4.